The van der Waals surface area contributed by atoms with Gasteiger partial charge in [-0.1, -0.05) is 12.8 Å². The first-order valence-electron chi connectivity index (χ1n) is 5.03. The van der Waals surface area contributed by atoms with Crippen LogP contribution < -0.4 is 0 Å². The molecule has 0 unspecified atom stereocenters. The minimum Gasteiger partial charge on any atom is -0.342 e. The van der Waals surface area contributed by atoms with E-state index < -0.39 is 4.75 Å². The van der Waals surface area contributed by atoms with E-state index in [1.165, 1.54) is 12.8 Å². The van der Waals surface area contributed by atoms with Gasteiger partial charge in [-0.25, -0.2) is 0 Å². The van der Waals surface area contributed by atoms with Crippen LogP contribution in [0.15, 0.2) is 0 Å². The highest BCUT2D eigenvalue weighted by molar-refractivity contribution is 7.82. The molecule has 1 amide bonds. The minimum absolute atomic E-state index is 0.178. The van der Waals surface area contributed by atoms with E-state index in [1.807, 2.05) is 18.7 Å². The van der Waals surface area contributed by atoms with Crippen LogP contribution in [-0.4, -0.2) is 28.6 Å². The summed E-state index contributed by atoms with van der Waals surface area (Å²) < 4.78 is -0.510. The molecule has 0 aromatic carbocycles. The summed E-state index contributed by atoms with van der Waals surface area (Å²) in [5.41, 5.74) is 0. The number of nitrogens with zero attached hydrogens (tertiary/aromatic N) is 1. The van der Waals surface area contributed by atoms with Gasteiger partial charge < -0.3 is 4.90 Å². The van der Waals surface area contributed by atoms with E-state index in [1.54, 1.807) is 0 Å². The molecule has 1 rings (SSSR count). The fraction of sp³-hybridized carbons (Fsp3) is 0.900. The summed E-state index contributed by atoms with van der Waals surface area (Å²) in [5.74, 6) is 0.178. The van der Waals surface area contributed by atoms with Crippen LogP contribution in [0.1, 0.15) is 39.5 Å². The van der Waals surface area contributed by atoms with Crippen molar-refractivity contribution in [2.75, 3.05) is 13.1 Å². The van der Waals surface area contributed by atoms with Crippen LogP contribution in [0.25, 0.3) is 0 Å². The lowest BCUT2D eigenvalue weighted by atomic mass is 10.1. The predicted molar refractivity (Wildman–Crippen MR) is 58.1 cm³/mol. The van der Waals surface area contributed by atoms with Gasteiger partial charge in [0.05, 0.1) is 4.75 Å². The average molecular weight is 201 g/mol. The summed E-state index contributed by atoms with van der Waals surface area (Å²) in [7, 11) is 0. The molecule has 0 spiro atoms. The van der Waals surface area contributed by atoms with Gasteiger partial charge in [0.15, 0.2) is 0 Å². The standard InChI is InChI=1S/C10H19NOS/c1-10(2,13)9(12)11-7-5-3-4-6-8-11/h13H,3-8H2,1-2H3. The Morgan fingerprint density at radius 3 is 2.00 bits per heavy atom. The number of carbonyl (C=O) groups excluding carboxylic acids is 1. The van der Waals surface area contributed by atoms with Gasteiger partial charge in [0, 0.05) is 13.1 Å². The number of carbonyl (C=O) groups is 1. The number of thiol groups is 1. The van der Waals surface area contributed by atoms with Crippen molar-refractivity contribution < 1.29 is 4.79 Å². The molecule has 0 bridgehead atoms. The van der Waals surface area contributed by atoms with Crippen LogP contribution in [0.4, 0.5) is 0 Å². The van der Waals surface area contributed by atoms with Crippen LogP contribution in [0, 0.1) is 0 Å². The van der Waals surface area contributed by atoms with E-state index in [4.69, 9.17) is 0 Å². The van der Waals surface area contributed by atoms with E-state index in [2.05, 4.69) is 12.6 Å². The highest BCUT2D eigenvalue weighted by Crippen LogP contribution is 2.19. The Balaban J connectivity index is 2.54. The lowest BCUT2D eigenvalue weighted by Gasteiger charge is -2.27. The maximum Gasteiger partial charge on any atom is 0.237 e. The molecule has 0 aromatic rings. The molecule has 1 heterocycles. The summed E-state index contributed by atoms with van der Waals surface area (Å²) in [6, 6.07) is 0. The van der Waals surface area contributed by atoms with E-state index in [0.29, 0.717) is 0 Å². The maximum atomic E-state index is 11.8. The number of rotatable bonds is 1. The molecule has 0 aromatic heterocycles. The second kappa shape index (κ2) is 4.36. The van der Waals surface area contributed by atoms with Gasteiger partial charge in [-0.15, -0.1) is 0 Å². The van der Waals surface area contributed by atoms with Crippen molar-refractivity contribution in [1.82, 2.24) is 4.90 Å². The molecule has 13 heavy (non-hydrogen) atoms. The average Bonchev–Trinajstić information content (AvgIpc) is 2.28. The number of hydrogen-bond acceptors (Lipinski definition) is 2. The number of hydrogen-bond donors (Lipinski definition) is 1. The normalized spacial score (nSPS) is 19.8. The highest BCUT2D eigenvalue weighted by Gasteiger charge is 2.28. The van der Waals surface area contributed by atoms with E-state index in [0.717, 1.165) is 25.9 Å². The first kappa shape index (κ1) is 10.9. The SMILES string of the molecule is CC(C)(S)C(=O)N1CCCCCC1. The van der Waals surface area contributed by atoms with E-state index in [-0.39, 0.29) is 5.91 Å². The zero-order valence-corrected chi connectivity index (χ0v) is 9.44. The second-order valence-corrected chi connectivity index (χ2v) is 5.38. The quantitative estimate of drug-likeness (QED) is 0.644. The van der Waals surface area contributed by atoms with Crippen LogP contribution in [0.5, 0.6) is 0 Å². The fourth-order valence-electron chi connectivity index (χ4n) is 1.66. The first-order valence-corrected chi connectivity index (χ1v) is 5.48. The topological polar surface area (TPSA) is 20.3 Å². The Kier molecular flexibility index (Phi) is 3.65. The van der Waals surface area contributed by atoms with Crippen molar-refractivity contribution in [3.63, 3.8) is 0 Å². The van der Waals surface area contributed by atoms with Gasteiger partial charge in [0.1, 0.15) is 0 Å². The molecule has 3 heteroatoms. The second-order valence-electron chi connectivity index (χ2n) is 4.27. The smallest absolute Gasteiger partial charge is 0.237 e. The van der Waals surface area contributed by atoms with Gasteiger partial charge in [-0.2, -0.15) is 12.6 Å². The molecule has 2 nitrogen and oxygen atoms in total. The van der Waals surface area contributed by atoms with Gasteiger partial charge >= 0.3 is 0 Å². The summed E-state index contributed by atoms with van der Waals surface area (Å²) >= 11 is 4.30. The largest absolute Gasteiger partial charge is 0.342 e. The van der Waals surface area contributed by atoms with Crippen molar-refractivity contribution in [3.05, 3.63) is 0 Å². The zero-order valence-electron chi connectivity index (χ0n) is 8.55. The van der Waals surface area contributed by atoms with Gasteiger partial charge in [-0.05, 0) is 26.7 Å². The lowest BCUT2D eigenvalue weighted by molar-refractivity contribution is -0.132. The van der Waals surface area contributed by atoms with Gasteiger partial charge in [-0.3, -0.25) is 4.79 Å². The minimum atomic E-state index is -0.510. The molecular weight excluding hydrogens is 182 g/mol. The third kappa shape index (κ3) is 3.22. The Labute approximate surface area is 86.1 Å². The molecule has 1 aliphatic heterocycles. The van der Waals surface area contributed by atoms with Crippen molar-refractivity contribution in [2.45, 2.75) is 44.3 Å². The molecule has 0 radical (unpaired) electrons. The van der Waals surface area contributed by atoms with Crippen molar-refractivity contribution in [3.8, 4) is 0 Å². The zero-order chi connectivity index (χ0) is 9.90. The molecule has 0 saturated carbocycles. The predicted octanol–water partition coefficient (Wildman–Crippen LogP) is 2.10. The third-order valence-electron chi connectivity index (χ3n) is 2.42. The summed E-state index contributed by atoms with van der Waals surface area (Å²) in [5, 5.41) is 0. The highest BCUT2D eigenvalue weighted by atomic mass is 32.1. The molecule has 1 aliphatic rings. The number of amides is 1. The Hall–Kier alpha value is -0.180. The van der Waals surface area contributed by atoms with Crippen molar-refractivity contribution in [2.24, 2.45) is 0 Å². The fourth-order valence-corrected chi connectivity index (χ4v) is 1.80. The van der Waals surface area contributed by atoms with Crippen LogP contribution in [-0.2, 0) is 4.79 Å². The van der Waals surface area contributed by atoms with Crippen LogP contribution in [0.2, 0.25) is 0 Å². The molecule has 0 aliphatic carbocycles. The first-order chi connectivity index (χ1) is 6.02. The molecule has 0 N–H and O–H groups in total. The van der Waals surface area contributed by atoms with Crippen molar-refractivity contribution >= 4 is 18.5 Å². The third-order valence-corrected chi connectivity index (χ3v) is 2.61. The molecular formula is C10H19NOS. The Bertz CT molecular complexity index is 178. The molecule has 76 valence electrons. The van der Waals surface area contributed by atoms with E-state index >= 15 is 0 Å². The summed E-state index contributed by atoms with van der Waals surface area (Å²) in [6.07, 6.45) is 4.82. The Morgan fingerprint density at radius 2 is 1.62 bits per heavy atom. The van der Waals surface area contributed by atoms with Crippen LogP contribution in [0.3, 0.4) is 0 Å². The van der Waals surface area contributed by atoms with Gasteiger partial charge in [0.25, 0.3) is 0 Å². The van der Waals surface area contributed by atoms with Gasteiger partial charge in [0.2, 0.25) is 5.91 Å². The molecule has 1 saturated heterocycles. The monoisotopic (exact) mass is 201 g/mol. The maximum absolute atomic E-state index is 11.8. The van der Waals surface area contributed by atoms with Crippen LogP contribution >= 0.6 is 12.6 Å². The number of likely N-dealkylation sites (tertiary alicyclic amines) is 1. The van der Waals surface area contributed by atoms with E-state index in [9.17, 15) is 4.79 Å². The summed E-state index contributed by atoms with van der Waals surface area (Å²) in [4.78, 5) is 13.8. The van der Waals surface area contributed by atoms with Crippen molar-refractivity contribution in [1.29, 1.82) is 0 Å². The molecule has 1 fully saturated rings. The summed E-state index contributed by atoms with van der Waals surface area (Å²) in [6.45, 7) is 5.57. The molecule has 0 atom stereocenters. The Morgan fingerprint density at radius 1 is 1.15 bits per heavy atom. The lowest BCUT2D eigenvalue weighted by Crippen LogP contribution is -2.42.